The minimum atomic E-state index is 0.180. The largest absolute Gasteiger partial charge is 0.384 e. The normalized spacial score (nSPS) is 22.6. The molecule has 6 heteroatoms. The molecule has 1 unspecified atom stereocenters. The number of piperidine rings is 2. The summed E-state index contributed by atoms with van der Waals surface area (Å²) in [5.41, 5.74) is 10.0. The van der Waals surface area contributed by atoms with Crippen molar-refractivity contribution in [1.29, 1.82) is 0 Å². The van der Waals surface area contributed by atoms with Gasteiger partial charge in [-0.3, -0.25) is 14.6 Å². The van der Waals surface area contributed by atoms with Crippen LogP contribution >= 0.6 is 0 Å². The monoisotopic (exact) mass is 447 g/mol. The number of nitrogen functional groups attached to an aromatic ring is 1. The van der Waals surface area contributed by atoms with Crippen molar-refractivity contribution in [3.05, 3.63) is 59.3 Å². The number of amides is 1. The number of hydrogen-bond acceptors (Lipinski definition) is 5. The zero-order valence-electron chi connectivity index (χ0n) is 19.8. The Morgan fingerprint density at radius 3 is 2.58 bits per heavy atom. The summed E-state index contributed by atoms with van der Waals surface area (Å²) in [6.07, 6.45) is 8.27. The van der Waals surface area contributed by atoms with E-state index in [1.165, 1.54) is 29.5 Å². The zero-order valence-corrected chi connectivity index (χ0v) is 19.8. The fourth-order valence-electron chi connectivity index (χ4n) is 6.15. The Labute approximate surface area is 197 Å². The first-order valence-corrected chi connectivity index (χ1v) is 12.6. The molecule has 1 atom stereocenters. The van der Waals surface area contributed by atoms with Gasteiger partial charge in [0.1, 0.15) is 5.82 Å². The Kier molecular flexibility index (Phi) is 6.65. The molecule has 1 aromatic heterocycles. The highest BCUT2D eigenvalue weighted by atomic mass is 16.2. The van der Waals surface area contributed by atoms with Gasteiger partial charge < -0.3 is 10.6 Å². The molecule has 2 aromatic rings. The molecule has 33 heavy (non-hydrogen) atoms. The van der Waals surface area contributed by atoms with Crippen LogP contribution in [-0.4, -0.2) is 64.9 Å². The van der Waals surface area contributed by atoms with Crippen molar-refractivity contribution in [2.75, 3.05) is 39.0 Å². The molecule has 0 saturated carbocycles. The first-order chi connectivity index (χ1) is 16.1. The minimum absolute atomic E-state index is 0.180. The van der Waals surface area contributed by atoms with Crippen LogP contribution in [0.4, 0.5) is 5.82 Å². The van der Waals surface area contributed by atoms with Crippen LogP contribution in [0.2, 0.25) is 0 Å². The first-order valence-electron chi connectivity index (χ1n) is 12.6. The Hall–Kier alpha value is -2.44. The summed E-state index contributed by atoms with van der Waals surface area (Å²) in [6.45, 7) is 4.63. The van der Waals surface area contributed by atoms with Gasteiger partial charge in [0.15, 0.2) is 0 Å². The van der Waals surface area contributed by atoms with Crippen LogP contribution < -0.4 is 5.73 Å². The number of carbonyl (C=O) groups is 1. The summed E-state index contributed by atoms with van der Waals surface area (Å²) in [6, 6.07) is 14.0. The van der Waals surface area contributed by atoms with Crippen LogP contribution in [0, 0.1) is 5.92 Å². The molecule has 6 nitrogen and oxygen atoms in total. The number of rotatable bonds is 5. The average molecular weight is 448 g/mol. The summed E-state index contributed by atoms with van der Waals surface area (Å²) in [7, 11) is 2.29. The third kappa shape index (κ3) is 4.92. The van der Waals surface area contributed by atoms with Crippen LogP contribution in [0.5, 0.6) is 0 Å². The number of aromatic nitrogens is 1. The van der Waals surface area contributed by atoms with Gasteiger partial charge in [0.2, 0.25) is 5.91 Å². The SMILES string of the molecule is CN(C1CCN(C(=O)C2CCN(Cc3ccnc(N)c3)CC2)CC1)C1CCc2ccccc21. The number of pyridine rings is 1. The van der Waals surface area contributed by atoms with Crippen LogP contribution in [0.1, 0.15) is 54.8 Å². The van der Waals surface area contributed by atoms with Crippen LogP contribution in [0.3, 0.4) is 0 Å². The second kappa shape index (κ2) is 9.82. The van der Waals surface area contributed by atoms with Gasteiger partial charge in [0.05, 0.1) is 0 Å². The Morgan fingerprint density at radius 1 is 1.06 bits per heavy atom. The molecule has 1 aromatic carbocycles. The van der Waals surface area contributed by atoms with Crippen molar-refractivity contribution < 1.29 is 4.79 Å². The highest BCUT2D eigenvalue weighted by Gasteiger charge is 2.34. The van der Waals surface area contributed by atoms with Crippen molar-refractivity contribution in [2.45, 2.75) is 57.2 Å². The number of anilines is 1. The molecule has 0 radical (unpaired) electrons. The lowest BCUT2D eigenvalue weighted by Gasteiger charge is -2.41. The predicted octanol–water partition coefficient (Wildman–Crippen LogP) is 3.49. The van der Waals surface area contributed by atoms with E-state index in [1.807, 2.05) is 12.1 Å². The average Bonchev–Trinajstić information content (AvgIpc) is 3.28. The minimum Gasteiger partial charge on any atom is -0.384 e. The van der Waals surface area contributed by atoms with Gasteiger partial charge in [-0.1, -0.05) is 24.3 Å². The molecule has 1 aliphatic carbocycles. The standard InChI is InChI=1S/C27H37N5O/c1-30(25-7-6-21-4-2-3-5-24(21)25)23-11-16-32(17-12-23)27(33)22-9-14-31(15-10-22)19-20-8-13-29-26(28)18-20/h2-5,8,13,18,22-23,25H,6-7,9-12,14-17,19H2,1H3,(H2,28,29). The van der Waals surface area contributed by atoms with E-state index in [0.717, 1.165) is 58.4 Å². The van der Waals surface area contributed by atoms with Gasteiger partial charge >= 0.3 is 0 Å². The van der Waals surface area contributed by atoms with Crippen molar-refractivity contribution in [2.24, 2.45) is 5.92 Å². The van der Waals surface area contributed by atoms with E-state index in [9.17, 15) is 4.79 Å². The van der Waals surface area contributed by atoms with Crippen molar-refractivity contribution >= 4 is 11.7 Å². The van der Waals surface area contributed by atoms with Gasteiger partial charge in [-0.15, -0.1) is 0 Å². The molecule has 5 rings (SSSR count). The van der Waals surface area contributed by atoms with E-state index < -0.39 is 0 Å². The summed E-state index contributed by atoms with van der Waals surface area (Å²) in [5, 5.41) is 0. The van der Waals surface area contributed by atoms with Gasteiger partial charge in [-0.2, -0.15) is 0 Å². The third-order valence-corrected chi connectivity index (χ3v) is 8.13. The van der Waals surface area contributed by atoms with Gasteiger partial charge in [0.25, 0.3) is 0 Å². The van der Waals surface area contributed by atoms with E-state index in [-0.39, 0.29) is 5.92 Å². The number of likely N-dealkylation sites (tertiary alicyclic amines) is 2. The van der Waals surface area contributed by atoms with Crippen LogP contribution in [-0.2, 0) is 17.8 Å². The molecule has 0 spiro atoms. The maximum Gasteiger partial charge on any atom is 0.225 e. The summed E-state index contributed by atoms with van der Waals surface area (Å²) in [5.74, 6) is 1.14. The number of aryl methyl sites for hydroxylation is 1. The highest BCUT2D eigenvalue weighted by Crippen LogP contribution is 2.37. The highest BCUT2D eigenvalue weighted by molar-refractivity contribution is 5.79. The van der Waals surface area contributed by atoms with E-state index in [4.69, 9.17) is 5.73 Å². The van der Waals surface area contributed by atoms with Crippen molar-refractivity contribution in [1.82, 2.24) is 19.7 Å². The topological polar surface area (TPSA) is 65.7 Å². The van der Waals surface area contributed by atoms with Gasteiger partial charge in [-0.05, 0) is 87.5 Å². The zero-order chi connectivity index (χ0) is 22.8. The molecule has 1 amide bonds. The third-order valence-electron chi connectivity index (χ3n) is 8.13. The lowest BCUT2D eigenvalue weighted by molar-refractivity contribution is -0.138. The van der Waals surface area contributed by atoms with E-state index in [0.29, 0.717) is 23.8 Å². The molecule has 3 aliphatic rings. The lowest BCUT2D eigenvalue weighted by Crippen LogP contribution is -2.49. The molecule has 2 fully saturated rings. The second-order valence-corrected chi connectivity index (χ2v) is 10.1. The number of benzene rings is 1. The summed E-state index contributed by atoms with van der Waals surface area (Å²) < 4.78 is 0. The number of nitrogens with two attached hydrogens (primary N) is 1. The van der Waals surface area contributed by atoms with Crippen LogP contribution in [0.25, 0.3) is 0 Å². The van der Waals surface area contributed by atoms with Crippen molar-refractivity contribution in [3.63, 3.8) is 0 Å². The fourth-order valence-corrected chi connectivity index (χ4v) is 6.15. The maximum atomic E-state index is 13.2. The van der Waals surface area contributed by atoms with Crippen LogP contribution in [0.15, 0.2) is 42.6 Å². The predicted molar refractivity (Wildman–Crippen MR) is 132 cm³/mol. The number of hydrogen-bond donors (Lipinski definition) is 1. The summed E-state index contributed by atoms with van der Waals surface area (Å²) >= 11 is 0. The molecule has 3 heterocycles. The smallest absolute Gasteiger partial charge is 0.225 e. The Bertz CT molecular complexity index is 962. The molecular weight excluding hydrogens is 410 g/mol. The second-order valence-electron chi connectivity index (χ2n) is 10.1. The van der Waals surface area contributed by atoms with Gasteiger partial charge in [-0.25, -0.2) is 4.98 Å². The number of nitrogens with zero attached hydrogens (tertiary/aromatic N) is 4. The lowest BCUT2D eigenvalue weighted by atomic mass is 9.93. The molecule has 2 saturated heterocycles. The Morgan fingerprint density at radius 2 is 1.82 bits per heavy atom. The Balaban J connectivity index is 1.09. The van der Waals surface area contributed by atoms with E-state index in [1.54, 1.807) is 6.20 Å². The molecule has 2 aliphatic heterocycles. The maximum absolute atomic E-state index is 13.2. The number of carbonyl (C=O) groups excluding carboxylic acids is 1. The van der Waals surface area contributed by atoms with Gasteiger partial charge in [0, 0.05) is 43.8 Å². The van der Waals surface area contributed by atoms with Crippen molar-refractivity contribution in [3.8, 4) is 0 Å². The molecular formula is C27H37N5O. The molecule has 176 valence electrons. The van der Waals surface area contributed by atoms with E-state index >= 15 is 0 Å². The van der Waals surface area contributed by atoms with E-state index in [2.05, 4.69) is 51.0 Å². The molecule has 0 bridgehead atoms. The quantitative estimate of drug-likeness (QED) is 0.760. The number of fused-ring (bicyclic) bond motifs is 1. The summed E-state index contributed by atoms with van der Waals surface area (Å²) in [4.78, 5) is 24.5. The fraction of sp³-hybridized carbons (Fsp3) is 0.556. The molecule has 2 N–H and O–H groups in total. The first kappa shape index (κ1) is 22.4.